The van der Waals surface area contributed by atoms with Crippen molar-refractivity contribution in [3.63, 3.8) is 0 Å². The number of ether oxygens (including phenoxy) is 2. The number of furan rings is 1. The molecule has 0 saturated heterocycles. The van der Waals surface area contributed by atoms with Gasteiger partial charge in [0.25, 0.3) is 5.91 Å². The number of fused-ring (bicyclic) bond motifs is 1. The van der Waals surface area contributed by atoms with Gasteiger partial charge >= 0.3 is 5.97 Å². The largest absolute Gasteiger partial charge is 0.497 e. The number of aryl methyl sites for hydroxylation is 1. The van der Waals surface area contributed by atoms with Gasteiger partial charge in [0.15, 0.2) is 5.76 Å². The minimum Gasteiger partial charge on any atom is -0.497 e. The smallest absolute Gasteiger partial charge is 0.328 e. The fourth-order valence-electron chi connectivity index (χ4n) is 2.55. The summed E-state index contributed by atoms with van der Waals surface area (Å²) in [5, 5.41) is 3.53. The van der Waals surface area contributed by atoms with Crippen molar-refractivity contribution in [1.82, 2.24) is 5.32 Å². The van der Waals surface area contributed by atoms with E-state index in [1.807, 2.05) is 19.9 Å². The molecule has 1 amide bonds. The summed E-state index contributed by atoms with van der Waals surface area (Å²) in [6.45, 7) is 5.64. The minimum atomic E-state index is -0.713. The first-order chi connectivity index (χ1) is 11.4. The fraction of sp³-hybridized carbons (Fsp3) is 0.444. The summed E-state index contributed by atoms with van der Waals surface area (Å²) in [7, 11) is 2.89. The first-order valence-corrected chi connectivity index (χ1v) is 7.88. The van der Waals surface area contributed by atoms with Gasteiger partial charge in [-0.15, -0.1) is 0 Å². The predicted octanol–water partition coefficient (Wildman–Crippen LogP) is 3.07. The Hall–Kier alpha value is -2.50. The van der Waals surface area contributed by atoms with E-state index in [0.717, 1.165) is 11.8 Å². The molecule has 6 nitrogen and oxygen atoms in total. The van der Waals surface area contributed by atoms with Crippen molar-refractivity contribution in [1.29, 1.82) is 0 Å². The molecule has 2 aromatic rings. The van der Waals surface area contributed by atoms with Gasteiger partial charge in [-0.3, -0.25) is 4.79 Å². The third-order valence-corrected chi connectivity index (χ3v) is 4.30. The summed E-state index contributed by atoms with van der Waals surface area (Å²) in [5.74, 6) is -0.0708. The molecule has 0 fully saturated rings. The van der Waals surface area contributed by atoms with Crippen LogP contribution in [0.5, 0.6) is 5.75 Å². The zero-order valence-corrected chi connectivity index (χ0v) is 14.6. The molecule has 1 aromatic heterocycles. The number of hydrogen-bond acceptors (Lipinski definition) is 5. The van der Waals surface area contributed by atoms with Crippen LogP contribution >= 0.6 is 0 Å². The molecule has 2 atom stereocenters. The molecule has 6 heteroatoms. The highest BCUT2D eigenvalue weighted by Gasteiger charge is 2.29. The van der Waals surface area contributed by atoms with Gasteiger partial charge in [-0.2, -0.15) is 0 Å². The van der Waals surface area contributed by atoms with Crippen molar-refractivity contribution in [2.75, 3.05) is 14.2 Å². The lowest BCUT2D eigenvalue weighted by Gasteiger charge is -2.21. The Labute approximate surface area is 141 Å². The van der Waals surface area contributed by atoms with Crippen LogP contribution in [0.2, 0.25) is 0 Å². The Morgan fingerprint density at radius 1 is 1.29 bits per heavy atom. The van der Waals surface area contributed by atoms with Crippen LogP contribution in [0.15, 0.2) is 22.6 Å². The Morgan fingerprint density at radius 3 is 2.58 bits per heavy atom. The van der Waals surface area contributed by atoms with Gasteiger partial charge in [-0.25, -0.2) is 4.79 Å². The van der Waals surface area contributed by atoms with Crippen LogP contribution in [0.3, 0.4) is 0 Å². The lowest BCUT2D eigenvalue weighted by atomic mass is 9.99. The fourth-order valence-corrected chi connectivity index (χ4v) is 2.55. The normalized spacial score (nSPS) is 13.4. The molecule has 130 valence electrons. The molecule has 1 heterocycles. The number of esters is 1. The van der Waals surface area contributed by atoms with Crippen molar-refractivity contribution in [3.05, 3.63) is 29.5 Å². The molecular formula is C18H23NO5. The Balaban J connectivity index is 2.33. The van der Waals surface area contributed by atoms with Crippen LogP contribution in [-0.2, 0) is 9.53 Å². The van der Waals surface area contributed by atoms with Gasteiger partial charge in [0.2, 0.25) is 0 Å². The van der Waals surface area contributed by atoms with Crippen LogP contribution < -0.4 is 10.1 Å². The second-order valence-corrected chi connectivity index (χ2v) is 5.78. The molecule has 1 aromatic carbocycles. The van der Waals surface area contributed by atoms with E-state index in [4.69, 9.17) is 13.9 Å². The summed E-state index contributed by atoms with van der Waals surface area (Å²) in [4.78, 5) is 24.5. The summed E-state index contributed by atoms with van der Waals surface area (Å²) < 4.78 is 15.7. The molecule has 0 aliphatic heterocycles. The maximum Gasteiger partial charge on any atom is 0.328 e. The van der Waals surface area contributed by atoms with E-state index >= 15 is 0 Å². The summed E-state index contributed by atoms with van der Waals surface area (Å²) >= 11 is 0. The third kappa shape index (κ3) is 3.37. The number of methoxy groups -OCH3 is 2. The highest BCUT2D eigenvalue weighted by molar-refractivity contribution is 6.00. The Bertz CT molecular complexity index is 749. The average molecular weight is 333 g/mol. The van der Waals surface area contributed by atoms with Crippen molar-refractivity contribution in [2.24, 2.45) is 5.92 Å². The maximum atomic E-state index is 12.6. The Kier molecular flexibility index (Phi) is 5.49. The maximum absolute atomic E-state index is 12.6. The molecule has 0 bridgehead atoms. The van der Waals surface area contributed by atoms with E-state index in [1.165, 1.54) is 7.11 Å². The first kappa shape index (κ1) is 17.8. The molecule has 2 rings (SSSR count). The summed E-state index contributed by atoms with van der Waals surface area (Å²) in [5.41, 5.74) is 1.30. The topological polar surface area (TPSA) is 77.8 Å². The third-order valence-electron chi connectivity index (χ3n) is 4.30. The SMILES string of the molecule is CC[C@@H](C)[C@@H](NC(=O)c1oc2ccc(OC)cc2c1C)C(=O)OC. The quantitative estimate of drug-likeness (QED) is 0.822. The zero-order valence-electron chi connectivity index (χ0n) is 14.6. The van der Waals surface area contributed by atoms with Crippen molar-refractivity contribution in [2.45, 2.75) is 33.2 Å². The van der Waals surface area contributed by atoms with Crippen molar-refractivity contribution in [3.8, 4) is 5.75 Å². The molecule has 0 aliphatic rings. The molecule has 0 saturated carbocycles. The Morgan fingerprint density at radius 2 is 2.00 bits per heavy atom. The lowest BCUT2D eigenvalue weighted by Crippen LogP contribution is -2.45. The van der Waals surface area contributed by atoms with Gasteiger partial charge in [0.1, 0.15) is 17.4 Å². The van der Waals surface area contributed by atoms with E-state index in [1.54, 1.807) is 26.2 Å². The van der Waals surface area contributed by atoms with Crippen LogP contribution in [0.1, 0.15) is 36.4 Å². The lowest BCUT2D eigenvalue weighted by molar-refractivity contribution is -0.144. The van der Waals surface area contributed by atoms with Crippen LogP contribution in [0, 0.1) is 12.8 Å². The highest BCUT2D eigenvalue weighted by Crippen LogP contribution is 2.29. The second kappa shape index (κ2) is 7.38. The number of carbonyl (C=O) groups excluding carboxylic acids is 2. The number of nitrogens with one attached hydrogen (secondary N) is 1. The number of amides is 1. The second-order valence-electron chi connectivity index (χ2n) is 5.78. The number of benzene rings is 1. The predicted molar refractivity (Wildman–Crippen MR) is 90.2 cm³/mol. The van der Waals surface area contributed by atoms with Gasteiger partial charge in [0, 0.05) is 10.9 Å². The molecule has 0 radical (unpaired) electrons. The molecule has 24 heavy (non-hydrogen) atoms. The molecule has 0 spiro atoms. The first-order valence-electron chi connectivity index (χ1n) is 7.88. The molecular weight excluding hydrogens is 310 g/mol. The number of hydrogen-bond donors (Lipinski definition) is 1. The van der Waals surface area contributed by atoms with E-state index in [2.05, 4.69) is 5.32 Å². The molecule has 1 N–H and O–H groups in total. The van der Waals surface area contributed by atoms with Crippen molar-refractivity contribution < 1.29 is 23.5 Å². The summed E-state index contributed by atoms with van der Waals surface area (Å²) in [6.07, 6.45) is 0.732. The van der Waals surface area contributed by atoms with Gasteiger partial charge in [-0.05, 0) is 31.0 Å². The van der Waals surface area contributed by atoms with E-state index in [9.17, 15) is 9.59 Å². The highest BCUT2D eigenvalue weighted by atomic mass is 16.5. The van der Waals surface area contributed by atoms with Gasteiger partial charge < -0.3 is 19.2 Å². The number of carbonyl (C=O) groups is 2. The van der Waals surface area contributed by atoms with Crippen LogP contribution in [-0.4, -0.2) is 32.1 Å². The van der Waals surface area contributed by atoms with E-state index < -0.39 is 17.9 Å². The summed E-state index contributed by atoms with van der Waals surface area (Å²) in [6, 6.07) is 4.63. The van der Waals surface area contributed by atoms with Gasteiger partial charge in [0.05, 0.1) is 14.2 Å². The van der Waals surface area contributed by atoms with E-state index in [0.29, 0.717) is 16.9 Å². The average Bonchev–Trinajstić information content (AvgIpc) is 2.94. The zero-order chi connectivity index (χ0) is 17.9. The molecule has 0 aliphatic carbocycles. The van der Waals surface area contributed by atoms with E-state index in [-0.39, 0.29) is 11.7 Å². The minimum absolute atomic E-state index is 0.0498. The van der Waals surface area contributed by atoms with Crippen LogP contribution in [0.4, 0.5) is 0 Å². The monoisotopic (exact) mass is 333 g/mol. The van der Waals surface area contributed by atoms with Crippen molar-refractivity contribution >= 4 is 22.8 Å². The molecule has 0 unspecified atom stereocenters. The standard InChI is InChI=1S/C18H23NO5/c1-6-10(2)15(18(21)23-5)19-17(20)16-11(3)13-9-12(22-4)7-8-14(13)24-16/h7-10,15H,6H2,1-5H3,(H,19,20)/t10-,15-/m1/s1. The number of rotatable bonds is 6. The van der Waals surface area contributed by atoms with Gasteiger partial charge in [-0.1, -0.05) is 20.3 Å². The van der Waals surface area contributed by atoms with Crippen LogP contribution in [0.25, 0.3) is 11.0 Å².